The van der Waals surface area contributed by atoms with Gasteiger partial charge in [0.1, 0.15) is 0 Å². The molecule has 1 amide bonds. The summed E-state index contributed by atoms with van der Waals surface area (Å²) in [7, 11) is 0. The molecule has 1 atom stereocenters. The highest BCUT2D eigenvalue weighted by molar-refractivity contribution is 6.30. The van der Waals surface area contributed by atoms with Gasteiger partial charge in [0.15, 0.2) is 0 Å². The number of amides is 1. The molecule has 0 spiro atoms. The number of benzene rings is 1. The molecule has 2 saturated heterocycles. The average Bonchev–Trinajstić information content (AvgIpc) is 2.81. The third-order valence-corrected chi connectivity index (χ3v) is 5.14. The number of rotatable bonds is 2. The SMILES string of the molecule is O=C(c1ccc(Cl)cc1)N1CCCCCC1N1CCCCC1. The quantitative estimate of drug-likeness (QED) is 0.816. The second-order valence-corrected chi connectivity index (χ2v) is 6.87. The van der Waals surface area contributed by atoms with Gasteiger partial charge in [-0.2, -0.15) is 0 Å². The lowest BCUT2D eigenvalue weighted by molar-refractivity contribution is 0.0239. The first-order valence-electron chi connectivity index (χ1n) is 8.56. The van der Waals surface area contributed by atoms with E-state index in [1.54, 1.807) is 0 Å². The van der Waals surface area contributed by atoms with E-state index < -0.39 is 0 Å². The Kier molecular flexibility index (Phi) is 5.37. The Morgan fingerprint density at radius 2 is 1.55 bits per heavy atom. The van der Waals surface area contributed by atoms with Crippen molar-refractivity contribution in [3.8, 4) is 0 Å². The largest absolute Gasteiger partial charge is 0.323 e. The van der Waals surface area contributed by atoms with E-state index in [1.807, 2.05) is 24.3 Å². The summed E-state index contributed by atoms with van der Waals surface area (Å²) in [5, 5.41) is 0.681. The van der Waals surface area contributed by atoms with Crippen molar-refractivity contribution in [2.45, 2.75) is 51.1 Å². The number of nitrogens with zero attached hydrogens (tertiary/aromatic N) is 2. The van der Waals surface area contributed by atoms with E-state index in [-0.39, 0.29) is 12.1 Å². The van der Waals surface area contributed by atoms with Crippen LogP contribution < -0.4 is 0 Å². The predicted octanol–water partition coefficient (Wildman–Crippen LogP) is 4.17. The van der Waals surface area contributed by atoms with Crippen molar-refractivity contribution >= 4 is 17.5 Å². The van der Waals surface area contributed by atoms with Gasteiger partial charge in [0.2, 0.25) is 0 Å². The van der Waals surface area contributed by atoms with E-state index in [0.717, 1.165) is 38.0 Å². The van der Waals surface area contributed by atoms with Crippen LogP contribution in [0.25, 0.3) is 0 Å². The first-order chi connectivity index (χ1) is 10.8. The number of hydrogen-bond donors (Lipinski definition) is 0. The zero-order valence-corrected chi connectivity index (χ0v) is 13.9. The molecule has 1 aromatic rings. The van der Waals surface area contributed by atoms with E-state index in [0.29, 0.717) is 5.02 Å². The maximum atomic E-state index is 13.0. The van der Waals surface area contributed by atoms with Gasteiger partial charge >= 0.3 is 0 Å². The van der Waals surface area contributed by atoms with Crippen LogP contribution in [0.2, 0.25) is 5.02 Å². The first kappa shape index (κ1) is 15.8. The minimum absolute atomic E-state index is 0.161. The topological polar surface area (TPSA) is 23.6 Å². The van der Waals surface area contributed by atoms with Crippen LogP contribution in [0.5, 0.6) is 0 Å². The molecule has 1 unspecified atom stereocenters. The molecule has 0 saturated carbocycles. The van der Waals surface area contributed by atoms with E-state index in [1.165, 1.54) is 32.1 Å². The second-order valence-electron chi connectivity index (χ2n) is 6.43. The van der Waals surface area contributed by atoms with Gasteiger partial charge < -0.3 is 4.90 Å². The molecule has 4 heteroatoms. The van der Waals surface area contributed by atoms with E-state index in [9.17, 15) is 4.79 Å². The molecule has 0 aliphatic carbocycles. The van der Waals surface area contributed by atoms with Crippen molar-refractivity contribution < 1.29 is 4.79 Å². The van der Waals surface area contributed by atoms with Crippen LogP contribution in [0.1, 0.15) is 55.3 Å². The number of carbonyl (C=O) groups is 1. The zero-order valence-electron chi connectivity index (χ0n) is 13.1. The molecule has 120 valence electrons. The lowest BCUT2D eigenvalue weighted by Crippen LogP contribution is -2.52. The van der Waals surface area contributed by atoms with Gasteiger partial charge in [-0.1, -0.05) is 24.4 Å². The van der Waals surface area contributed by atoms with Crippen molar-refractivity contribution in [3.05, 3.63) is 34.9 Å². The van der Waals surface area contributed by atoms with Crippen LogP contribution in [0.4, 0.5) is 0 Å². The van der Waals surface area contributed by atoms with Crippen LogP contribution in [0.15, 0.2) is 24.3 Å². The molecule has 0 N–H and O–H groups in total. The summed E-state index contributed by atoms with van der Waals surface area (Å²) >= 11 is 5.95. The van der Waals surface area contributed by atoms with Crippen LogP contribution in [-0.4, -0.2) is 41.5 Å². The summed E-state index contributed by atoms with van der Waals surface area (Å²) < 4.78 is 0. The Balaban J connectivity index is 1.79. The van der Waals surface area contributed by atoms with Crippen LogP contribution in [-0.2, 0) is 0 Å². The molecular weight excluding hydrogens is 296 g/mol. The molecule has 0 radical (unpaired) electrons. The summed E-state index contributed by atoms with van der Waals surface area (Å²) in [5.74, 6) is 0.161. The minimum Gasteiger partial charge on any atom is -0.323 e. The van der Waals surface area contributed by atoms with Gasteiger partial charge in [-0.25, -0.2) is 0 Å². The van der Waals surface area contributed by atoms with Gasteiger partial charge in [-0.3, -0.25) is 9.69 Å². The predicted molar refractivity (Wildman–Crippen MR) is 90.2 cm³/mol. The Morgan fingerprint density at radius 3 is 2.27 bits per heavy atom. The maximum Gasteiger partial charge on any atom is 0.255 e. The fourth-order valence-electron chi connectivity index (χ4n) is 3.68. The number of carbonyl (C=O) groups excluding carboxylic acids is 1. The lowest BCUT2D eigenvalue weighted by Gasteiger charge is -2.40. The van der Waals surface area contributed by atoms with Gasteiger partial charge in [-0.05, 0) is 56.4 Å². The smallest absolute Gasteiger partial charge is 0.255 e. The van der Waals surface area contributed by atoms with Gasteiger partial charge in [-0.15, -0.1) is 0 Å². The highest BCUT2D eigenvalue weighted by Crippen LogP contribution is 2.25. The van der Waals surface area contributed by atoms with Crippen molar-refractivity contribution in [3.63, 3.8) is 0 Å². The van der Waals surface area contributed by atoms with Crippen LogP contribution >= 0.6 is 11.6 Å². The van der Waals surface area contributed by atoms with Gasteiger partial charge in [0.25, 0.3) is 5.91 Å². The Bertz CT molecular complexity index is 496. The average molecular weight is 321 g/mol. The molecule has 1 aromatic carbocycles. The van der Waals surface area contributed by atoms with Crippen molar-refractivity contribution in [1.82, 2.24) is 9.80 Å². The Hall–Kier alpha value is -1.06. The van der Waals surface area contributed by atoms with E-state index in [4.69, 9.17) is 11.6 Å². The van der Waals surface area contributed by atoms with Crippen LogP contribution in [0, 0.1) is 0 Å². The summed E-state index contributed by atoms with van der Waals surface area (Å²) in [4.78, 5) is 17.6. The zero-order chi connectivity index (χ0) is 15.4. The second kappa shape index (κ2) is 7.47. The summed E-state index contributed by atoms with van der Waals surface area (Å²) in [6.45, 7) is 3.15. The van der Waals surface area contributed by atoms with Crippen molar-refractivity contribution in [2.24, 2.45) is 0 Å². The molecule has 22 heavy (non-hydrogen) atoms. The Labute approximate surface area is 138 Å². The lowest BCUT2D eigenvalue weighted by atomic mass is 10.1. The normalized spacial score (nSPS) is 24.0. The summed E-state index contributed by atoms with van der Waals surface area (Å²) in [5.41, 5.74) is 0.758. The molecule has 0 aromatic heterocycles. The standard InChI is InChI=1S/C18H25ClN2O/c19-16-10-8-15(9-11-16)18(22)21-14-6-1-3-7-17(21)20-12-4-2-5-13-20/h8-11,17H,1-7,12-14H2. The number of likely N-dealkylation sites (tertiary alicyclic amines) is 2. The summed E-state index contributed by atoms with van der Waals surface area (Å²) in [6, 6.07) is 7.32. The molecule has 2 aliphatic rings. The molecule has 3 rings (SSSR count). The Morgan fingerprint density at radius 1 is 0.909 bits per heavy atom. The summed E-state index contributed by atoms with van der Waals surface area (Å²) in [6.07, 6.45) is 8.82. The molecule has 0 bridgehead atoms. The fourth-order valence-corrected chi connectivity index (χ4v) is 3.81. The van der Waals surface area contributed by atoms with Crippen molar-refractivity contribution in [2.75, 3.05) is 19.6 Å². The monoisotopic (exact) mass is 320 g/mol. The van der Waals surface area contributed by atoms with E-state index >= 15 is 0 Å². The number of halogens is 1. The molecule has 3 nitrogen and oxygen atoms in total. The highest BCUT2D eigenvalue weighted by Gasteiger charge is 2.31. The maximum absolute atomic E-state index is 13.0. The first-order valence-corrected chi connectivity index (χ1v) is 8.94. The molecular formula is C18H25ClN2O. The van der Waals surface area contributed by atoms with Crippen LogP contribution in [0.3, 0.4) is 0 Å². The third kappa shape index (κ3) is 3.64. The minimum atomic E-state index is 0.161. The van der Waals surface area contributed by atoms with Crippen molar-refractivity contribution in [1.29, 1.82) is 0 Å². The fraction of sp³-hybridized carbons (Fsp3) is 0.611. The highest BCUT2D eigenvalue weighted by atomic mass is 35.5. The molecule has 2 fully saturated rings. The van der Waals surface area contributed by atoms with Gasteiger partial charge in [0, 0.05) is 30.2 Å². The number of piperidine rings is 1. The van der Waals surface area contributed by atoms with E-state index in [2.05, 4.69) is 9.80 Å². The molecule has 2 heterocycles. The molecule has 2 aliphatic heterocycles. The third-order valence-electron chi connectivity index (χ3n) is 4.89. The number of hydrogen-bond acceptors (Lipinski definition) is 2. The van der Waals surface area contributed by atoms with Gasteiger partial charge in [0.05, 0.1) is 6.17 Å².